The summed E-state index contributed by atoms with van der Waals surface area (Å²) in [6.07, 6.45) is 1.84. The van der Waals surface area contributed by atoms with Crippen LogP contribution in [0.3, 0.4) is 0 Å². The fraction of sp³-hybridized carbons (Fsp3) is 0.258. The number of nitriles is 1. The quantitative estimate of drug-likeness (QED) is 0.281. The summed E-state index contributed by atoms with van der Waals surface area (Å²) in [5.74, 6) is -3.54. The number of anilines is 3. The topological polar surface area (TPSA) is 177 Å². The molecule has 0 bridgehead atoms. The number of carboxylic acids is 1. The van der Waals surface area contributed by atoms with Gasteiger partial charge in [-0.1, -0.05) is 6.07 Å². The second-order valence-corrected chi connectivity index (χ2v) is 13.3. The van der Waals surface area contributed by atoms with Gasteiger partial charge >= 0.3 is 18.0 Å². The molecule has 2 fully saturated rings. The van der Waals surface area contributed by atoms with Crippen molar-refractivity contribution in [2.24, 2.45) is 0 Å². The summed E-state index contributed by atoms with van der Waals surface area (Å²) in [5, 5.41) is 23.3. The highest BCUT2D eigenvalue weighted by atomic mass is 32.2. The zero-order chi connectivity index (χ0) is 32.7. The second kappa shape index (κ2) is 11.7. The van der Waals surface area contributed by atoms with Crippen LogP contribution in [0.15, 0.2) is 65.6 Å². The van der Waals surface area contributed by atoms with Crippen LogP contribution in [0.25, 0.3) is 0 Å². The van der Waals surface area contributed by atoms with Gasteiger partial charge in [-0.2, -0.15) is 5.26 Å². The Labute approximate surface area is 258 Å². The molecular weight excluding hydrogens is 605 g/mol. The molecule has 5 rings (SSSR count). The number of nitrogens with one attached hydrogen (secondary N) is 2. The Morgan fingerprint density at radius 2 is 1.73 bits per heavy atom. The molecule has 0 spiro atoms. The van der Waals surface area contributed by atoms with Crippen LogP contribution in [0.2, 0.25) is 0 Å². The van der Waals surface area contributed by atoms with E-state index < -0.39 is 50.9 Å². The van der Waals surface area contributed by atoms with Crippen molar-refractivity contribution in [3.8, 4) is 6.07 Å². The Bertz CT molecular complexity index is 1880. The summed E-state index contributed by atoms with van der Waals surface area (Å²) in [5.41, 5.74) is 0.856. The first kappa shape index (κ1) is 31.1. The predicted molar refractivity (Wildman–Crippen MR) is 161 cm³/mol. The van der Waals surface area contributed by atoms with Gasteiger partial charge in [-0.05, 0) is 98.3 Å². The lowest BCUT2D eigenvalue weighted by Crippen LogP contribution is -2.43. The molecule has 45 heavy (non-hydrogen) atoms. The van der Waals surface area contributed by atoms with E-state index >= 15 is 0 Å². The fourth-order valence-corrected chi connectivity index (χ4v) is 6.14. The van der Waals surface area contributed by atoms with Crippen molar-refractivity contribution in [3.05, 3.63) is 83.2 Å². The molecule has 0 aromatic heterocycles. The second-order valence-electron chi connectivity index (χ2n) is 11.3. The summed E-state index contributed by atoms with van der Waals surface area (Å²) in [6, 6.07) is 14.0. The molecule has 3 aromatic rings. The average Bonchev–Trinajstić information content (AvgIpc) is 3.79. The maximum absolute atomic E-state index is 14.3. The van der Waals surface area contributed by atoms with Gasteiger partial charge in [0.2, 0.25) is 0 Å². The lowest BCUT2D eigenvalue weighted by molar-refractivity contribution is -0.134. The third-order valence-corrected chi connectivity index (χ3v) is 9.31. The SMILES string of the molecule is CC1(C)C(=O)N(c2ccc(C#N)c(C3CC3)c2)C(=O)N1Cc1ccc(F)cc1NC(=O)Nc1ccc(S(=O)(=O)CC(=O)O)cc1. The van der Waals surface area contributed by atoms with Crippen molar-refractivity contribution in [1.82, 2.24) is 4.90 Å². The molecule has 5 amide bonds. The van der Waals surface area contributed by atoms with E-state index in [0.29, 0.717) is 16.8 Å². The zero-order valence-corrected chi connectivity index (χ0v) is 25.0. The van der Waals surface area contributed by atoms with E-state index in [2.05, 4.69) is 16.7 Å². The maximum atomic E-state index is 14.3. The number of halogens is 1. The van der Waals surface area contributed by atoms with Gasteiger partial charge in [0, 0.05) is 5.69 Å². The normalized spacial score (nSPS) is 16.0. The number of sulfone groups is 1. The molecular formula is C31H28FN5O7S. The van der Waals surface area contributed by atoms with Crippen LogP contribution in [0.4, 0.5) is 31.0 Å². The van der Waals surface area contributed by atoms with Gasteiger partial charge in [0.1, 0.15) is 11.4 Å². The lowest BCUT2D eigenvalue weighted by atomic mass is 10.0. The first-order valence-corrected chi connectivity index (χ1v) is 15.5. The Hall–Kier alpha value is -5.29. The molecule has 232 valence electrons. The molecule has 1 aliphatic carbocycles. The largest absolute Gasteiger partial charge is 0.480 e. The van der Waals surface area contributed by atoms with Crippen LogP contribution >= 0.6 is 0 Å². The summed E-state index contributed by atoms with van der Waals surface area (Å²) < 4.78 is 38.5. The van der Waals surface area contributed by atoms with Gasteiger partial charge in [0.05, 0.1) is 34.4 Å². The van der Waals surface area contributed by atoms with Crippen molar-refractivity contribution in [1.29, 1.82) is 5.26 Å². The molecule has 3 aromatic carbocycles. The monoisotopic (exact) mass is 633 g/mol. The van der Waals surface area contributed by atoms with Crippen LogP contribution < -0.4 is 15.5 Å². The minimum atomic E-state index is -4.06. The van der Waals surface area contributed by atoms with Crippen molar-refractivity contribution in [2.75, 3.05) is 21.3 Å². The summed E-state index contributed by atoms with van der Waals surface area (Å²) in [4.78, 5) is 53.0. The Balaban J connectivity index is 1.34. The van der Waals surface area contributed by atoms with E-state index in [4.69, 9.17) is 5.11 Å². The highest BCUT2D eigenvalue weighted by Crippen LogP contribution is 2.44. The number of carbonyl (C=O) groups is 4. The lowest BCUT2D eigenvalue weighted by Gasteiger charge is -2.28. The highest BCUT2D eigenvalue weighted by Gasteiger charge is 2.52. The Kier molecular flexibility index (Phi) is 8.07. The third-order valence-electron chi connectivity index (χ3n) is 7.69. The van der Waals surface area contributed by atoms with E-state index in [-0.39, 0.29) is 28.7 Å². The van der Waals surface area contributed by atoms with Crippen LogP contribution in [0.5, 0.6) is 0 Å². The standard InChI is InChI=1S/C31H28FN5O7S/c1-31(2)28(40)37(23-10-6-19(15-33)25(14-23)18-3-4-18)30(42)36(31)16-20-5-7-21(32)13-26(20)35-29(41)34-22-8-11-24(12-9-22)45(43,44)17-27(38)39/h5-14,18H,3-4,16-17H2,1-2H3,(H,38,39)(H2,34,35,41). The fourth-order valence-electron chi connectivity index (χ4n) is 5.10. The van der Waals surface area contributed by atoms with E-state index in [1.54, 1.807) is 32.0 Å². The summed E-state index contributed by atoms with van der Waals surface area (Å²) >= 11 is 0. The van der Waals surface area contributed by atoms with Crippen molar-refractivity contribution >= 4 is 50.8 Å². The van der Waals surface area contributed by atoms with Crippen LogP contribution in [0, 0.1) is 17.1 Å². The van der Waals surface area contributed by atoms with E-state index in [0.717, 1.165) is 47.6 Å². The number of hydrogen-bond acceptors (Lipinski definition) is 7. The number of carbonyl (C=O) groups excluding carboxylic acids is 3. The van der Waals surface area contributed by atoms with Crippen LogP contribution in [-0.4, -0.2) is 53.7 Å². The van der Waals surface area contributed by atoms with E-state index in [1.807, 2.05) is 0 Å². The van der Waals surface area contributed by atoms with Gasteiger partial charge in [-0.15, -0.1) is 0 Å². The predicted octanol–water partition coefficient (Wildman–Crippen LogP) is 4.82. The number of urea groups is 2. The number of benzene rings is 3. The highest BCUT2D eigenvalue weighted by molar-refractivity contribution is 7.92. The van der Waals surface area contributed by atoms with E-state index in [9.17, 15) is 37.2 Å². The number of imide groups is 1. The zero-order valence-electron chi connectivity index (χ0n) is 24.2. The van der Waals surface area contributed by atoms with Crippen molar-refractivity contribution < 1.29 is 37.1 Å². The van der Waals surface area contributed by atoms with E-state index in [1.165, 1.54) is 23.1 Å². The Morgan fingerprint density at radius 3 is 2.36 bits per heavy atom. The maximum Gasteiger partial charge on any atom is 0.332 e. The molecule has 2 aliphatic rings. The number of carboxylic acid groups (broad SMARTS) is 1. The van der Waals surface area contributed by atoms with Gasteiger partial charge in [-0.3, -0.25) is 9.59 Å². The number of rotatable bonds is 9. The van der Waals surface area contributed by atoms with Gasteiger partial charge in [-0.25, -0.2) is 27.3 Å². The van der Waals surface area contributed by atoms with Crippen LogP contribution in [-0.2, 0) is 26.0 Å². The molecule has 12 nitrogen and oxygen atoms in total. The van der Waals surface area contributed by atoms with Gasteiger partial charge in [0.25, 0.3) is 5.91 Å². The van der Waals surface area contributed by atoms with Gasteiger partial charge < -0.3 is 20.6 Å². The van der Waals surface area contributed by atoms with Crippen LogP contribution in [0.1, 0.15) is 49.3 Å². The molecule has 0 radical (unpaired) electrons. The molecule has 1 saturated heterocycles. The number of aliphatic carboxylic acids is 1. The number of hydrogen-bond donors (Lipinski definition) is 3. The minimum Gasteiger partial charge on any atom is -0.480 e. The third kappa shape index (κ3) is 6.34. The molecule has 14 heteroatoms. The summed E-state index contributed by atoms with van der Waals surface area (Å²) in [7, 11) is -4.06. The first-order chi connectivity index (χ1) is 21.2. The summed E-state index contributed by atoms with van der Waals surface area (Å²) in [6.45, 7) is 3.01. The van der Waals surface area contributed by atoms with Crippen molar-refractivity contribution in [3.63, 3.8) is 0 Å². The molecule has 0 atom stereocenters. The Morgan fingerprint density at radius 1 is 1.04 bits per heavy atom. The van der Waals surface area contributed by atoms with Gasteiger partial charge in [0.15, 0.2) is 15.6 Å². The molecule has 1 saturated carbocycles. The molecule has 3 N–H and O–H groups in total. The smallest absolute Gasteiger partial charge is 0.332 e. The average molecular weight is 634 g/mol. The van der Waals surface area contributed by atoms with Crippen molar-refractivity contribution in [2.45, 2.75) is 49.6 Å². The molecule has 0 unspecified atom stereocenters. The number of amides is 5. The molecule has 1 heterocycles. The first-order valence-electron chi connectivity index (χ1n) is 13.8. The molecule has 1 aliphatic heterocycles. The minimum absolute atomic E-state index is 0.0250. The number of nitrogens with zero attached hydrogens (tertiary/aromatic N) is 3.